The Morgan fingerprint density at radius 2 is 2.00 bits per heavy atom. The van der Waals surface area contributed by atoms with Gasteiger partial charge in [-0.25, -0.2) is 9.31 Å². The second-order valence-electron chi connectivity index (χ2n) is 8.42. The van der Waals surface area contributed by atoms with E-state index in [1.807, 2.05) is 43.7 Å². The molecule has 0 atom stereocenters. The number of amides is 1. The predicted octanol–water partition coefficient (Wildman–Crippen LogP) is 3.24. The first kappa shape index (κ1) is 18.6. The predicted molar refractivity (Wildman–Crippen MR) is 106 cm³/mol. The fraction of sp³-hybridized carbons (Fsp3) is 0.500. The minimum absolute atomic E-state index is 0.000928. The Morgan fingerprint density at radius 3 is 2.75 bits per heavy atom. The number of hydrogen-bond acceptors (Lipinski definition) is 6. The SMILES string of the molecule is CC(C)(C)C(=O)Nc1ccnn1C1CCN(Cc2cccc3nonc23)CC1. The van der Waals surface area contributed by atoms with Crippen molar-refractivity contribution in [2.45, 2.75) is 46.2 Å². The molecule has 1 saturated heterocycles. The van der Waals surface area contributed by atoms with Crippen LogP contribution in [0.25, 0.3) is 11.0 Å². The maximum Gasteiger partial charge on any atom is 0.230 e. The third-order valence-corrected chi connectivity index (χ3v) is 5.26. The number of aromatic nitrogens is 4. The van der Waals surface area contributed by atoms with Crippen molar-refractivity contribution in [2.24, 2.45) is 5.41 Å². The second kappa shape index (κ2) is 7.35. The molecule has 28 heavy (non-hydrogen) atoms. The molecule has 8 heteroatoms. The zero-order valence-electron chi connectivity index (χ0n) is 16.6. The maximum atomic E-state index is 12.3. The molecule has 1 aliphatic heterocycles. The number of anilines is 1. The minimum atomic E-state index is -0.435. The topological polar surface area (TPSA) is 89.1 Å². The standard InChI is InChI=1S/C20H26N6O2/c1-20(2,3)19(27)22-17-7-10-21-26(17)15-8-11-25(12-9-15)13-14-5-4-6-16-18(14)24-28-23-16/h4-7,10,15H,8-9,11-13H2,1-3H3,(H,22,27). The van der Waals surface area contributed by atoms with Gasteiger partial charge in [0.1, 0.15) is 16.9 Å². The van der Waals surface area contributed by atoms with Crippen molar-refractivity contribution < 1.29 is 9.42 Å². The Hall–Kier alpha value is -2.74. The van der Waals surface area contributed by atoms with Gasteiger partial charge >= 0.3 is 0 Å². The average Bonchev–Trinajstić information content (AvgIpc) is 3.31. The maximum absolute atomic E-state index is 12.3. The van der Waals surface area contributed by atoms with E-state index in [0.717, 1.165) is 54.9 Å². The first-order valence-corrected chi connectivity index (χ1v) is 9.69. The van der Waals surface area contributed by atoms with Gasteiger partial charge in [0.15, 0.2) is 0 Å². The van der Waals surface area contributed by atoms with Gasteiger partial charge in [0.2, 0.25) is 5.91 Å². The van der Waals surface area contributed by atoms with Crippen LogP contribution < -0.4 is 5.32 Å². The number of carbonyl (C=O) groups excluding carboxylic acids is 1. The summed E-state index contributed by atoms with van der Waals surface area (Å²) in [5.74, 6) is 0.776. The number of benzene rings is 1. The number of likely N-dealkylation sites (tertiary alicyclic amines) is 1. The summed E-state index contributed by atoms with van der Waals surface area (Å²) < 4.78 is 6.83. The van der Waals surface area contributed by atoms with E-state index in [-0.39, 0.29) is 11.9 Å². The lowest BCUT2D eigenvalue weighted by Crippen LogP contribution is -2.35. The van der Waals surface area contributed by atoms with Gasteiger partial charge in [0.05, 0.1) is 12.2 Å². The van der Waals surface area contributed by atoms with Gasteiger partial charge in [-0.2, -0.15) is 5.10 Å². The van der Waals surface area contributed by atoms with E-state index in [1.54, 1.807) is 6.20 Å². The van der Waals surface area contributed by atoms with Gasteiger partial charge in [0, 0.05) is 31.1 Å². The third-order valence-electron chi connectivity index (χ3n) is 5.26. The molecule has 0 unspecified atom stereocenters. The van der Waals surface area contributed by atoms with Crippen molar-refractivity contribution in [3.8, 4) is 0 Å². The van der Waals surface area contributed by atoms with Crippen molar-refractivity contribution in [3.05, 3.63) is 36.0 Å². The van der Waals surface area contributed by atoms with Crippen LogP contribution >= 0.6 is 0 Å². The highest BCUT2D eigenvalue weighted by atomic mass is 16.6. The summed E-state index contributed by atoms with van der Waals surface area (Å²) in [5, 5.41) is 15.4. The molecule has 1 amide bonds. The monoisotopic (exact) mass is 382 g/mol. The largest absolute Gasteiger partial charge is 0.310 e. The number of fused-ring (bicyclic) bond motifs is 1. The number of carbonyl (C=O) groups is 1. The molecule has 8 nitrogen and oxygen atoms in total. The first-order valence-electron chi connectivity index (χ1n) is 9.69. The summed E-state index contributed by atoms with van der Waals surface area (Å²) in [6, 6.07) is 8.13. The van der Waals surface area contributed by atoms with Crippen LogP contribution in [0.5, 0.6) is 0 Å². The van der Waals surface area contributed by atoms with Gasteiger partial charge < -0.3 is 5.32 Å². The molecule has 1 aromatic carbocycles. The fourth-order valence-electron chi connectivity index (χ4n) is 3.56. The fourth-order valence-corrected chi connectivity index (χ4v) is 3.56. The van der Waals surface area contributed by atoms with E-state index >= 15 is 0 Å². The molecule has 3 heterocycles. The molecular formula is C20H26N6O2. The third kappa shape index (κ3) is 3.77. The summed E-state index contributed by atoms with van der Waals surface area (Å²) in [7, 11) is 0. The van der Waals surface area contributed by atoms with E-state index in [0.29, 0.717) is 0 Å². The summed E-state index contributed by atoms with van der Waals surface area (Å²) >= 11 is 0. The Labute approximate surface area is 163 Å². The molecule has 1 aliphatic rings. The van der Waals surface area contributed by atoms with E-state index in [4.69, 9.17) is 4.63 Å². The Morgan fingerprint density at radius 1 is 1.21 bits per heavy atom. The molecule has 1 fully saturated rings. The molecule has 148 valence electrons. The van der Waals surface area contributed by atoms with Crippen LogP contribution in [0, 0.1) is 5.41 Å². The lowest BCUT2D eigenvalue weighted by molar-refractivity contribution is -0.123. The van der Waals surface area contributed by atoms with Crippen molar-refractivity contribution in [1.82, 2.24) is 25.0 Å². The molecule has 1 N–H and O–H groups in total. The minimum Gasteiger partial charge on any atom is -0.310 e. The number of nitrogens with zero attached hydrogens (tertiary/aromatic N) is 5. The Bertz CT molecular complexity index is 962. The highest BCUT2D eigenvalue weighted by molar-refractivity contribution is 5.93. The molecule has 3 aromatic rings. The van der Waals surface area contributed by atoms with E-state index < -0.39 is 5.41 Å². The van der Waals surface area contributed by atoms with E-state index in [9.17, 15) is 4.79 Å². The molecule has 2 aromatic heterocycles. The zero-order chi connectivity index (χ0) is 19.7. The zero-order valence-corrected chi connectivity index (χ0v) is 16.6. The number of hydrogen-bond donors (Lipinski definition) is 1. The van der Waals surface area contributed by atoms with Crippen LogP contribution in [-0.4, -0.2) is 44.0 Å². The molecular weight excluding hydrogens is 356 g/mol. The van der Waals surface area contributed by atoms with E-state index in [2.05, 4.69) is 31.7 Å². The lowest BCUT2D eigenvalue weighted by Gasteiger charge is -2.33. The second-order valence-corrected chi connectivity index (χ2v) is 8.42. The lowest BCUT2D eigenvalue weighted by atomic mass is 9.96. The van der Waals surface area contributed by atoms with Crippen LogP contribution in [0.3, 0.4) is 0 Å². The summed E-state index contributed by atoms with van der Waals surface area (Å²) in [5.41, 5.74) is 2.33. The quantitative estimate of drug-likeness (QED) is 0.745. The average molecular weight is 382 g/mol. The summed E-state index contributed by atoms with van der Waals surface area (Å²) in [6.45, 7) is 8.47. The van der Waals surface area contributed by atoms with E-state index in [1.165, 1.54) is 0 Å². The van der Waals surface area contributed by atoms with Crippen LogP contribution in [0.15, 0.2) is 35.1 Å². The normalized spacial score (nSPS) is 16.5. The highest BCUT2D eigenvalue weighted by Gasteiger charge is 2.26. The number of rotatable bonds is 4. The van der Waals surface area contributed by atoms with Crippen LogP contribution in [0.2, 0.25) is 0 Å². The molecule has 4 rings (SSSR count). The van der Waals surface area contributed by atoms with Gasteiger partial charge in [-0.1, -0.05) is 32.9 Å². The van der Waals surface area contributed by atoms with Gasteiger partial charge in [-0.3, -0.25) is 9.69 Å². The molecule has 0 spiro atoms. The van der Waals surface area contributed by atoms with Crippen molar-refractivity contribution in [3.63, 3.8) is 0 Å². The van der Waals surface area contributed by atoms with Crippen molar-refractivity contribution >= 4 is 22.8 Å². The molecule has 0 bridgehead atoms. The van der Waals surface area contributed by atoms with Gasteiger partial charge in [-0.05, 0) is 34.8 Å². The Balaban J connectivity index is 1.39. The van der Waals surface area contributed by atoms with Crippen LogP contribution in [0.1, 0.15) is 45.2 Å². The smallest absolute Gasteiger partial charge is 0.230 e. The van der Waals surface area contributed by atoms with Crippen LogP contribution in [0.4, 0.5) is 5.82 Å². The van der Waals surface area contributed by atoms with Gasteiger partial charge in [-0.15, -0.1) is 0 Å². The van der Waals surface area contributed by atoms with Gasteiger partial charge in [0.25, 0.3) is 0 Å². The highest BCUT2D eigenvalue weighted by Crippen LogP contribution is 2.28. The molecule has 0 saturated carbocycles. The first-order chi connectivity index (χ1) is 13.4. The Kier molecular flexibility index (Phi) is 4.89. The number of nitrogens with one attached hydrogen (secondary N) is 1. The summed E-state index contributed by atoms with van der Waals surface area (Å²) in [4.78, 5) is 14.7. The summed E-state index contributed by atoms with van der Waals surface area (Å²) in [6.07, 6.45) is 3.71. The number of piperidine rings is 1. The van der Waals surface area contributed by atoms with Crippen molar-refractivity contribution in [1.29, 1.82) is 0 Å². The van der Waals surface area contributed by atoms with Crippen LogP contribution in [-0.2, 0) is 11.3 Å². The molecule has 0 radical (unpaired) electrons. The molecule has 0 aliphatic carbocycles. The van der Waals surface area contributed by atoms with Crippen molar-refractivity contribution in [2.75, 3.05) is 18.4 Å².